The molecule has 0 aliphatic carbocycles. The summed E-state index contributed by atoms with van der Waals surface area (Å²) in [7, 11) is -4.06. The van der Waals surface area contributed by atoms with Crippen molar-refractivity contribution in [1.29, 1.82) is 0 Å². The summed E-state index contributed by atoms with van der Waals surface area (Å²) < 4.78 is 40.8. The van der Waals surface area contributed by atoms with Crippen molar-refractivity contribution in [2.45, 2.75) is 24.8 Å². The summed E-state index contributed by atoms with van der Waals surface area (Å²) in [6, 6.07) is 1.70. The van der Waals surface area contributed by atoms with Crippen LogP contribution >= 0.6 is 15.9 Å². The van der Waals surface area contributed by atoms with Crippen LogP contribution in [0.3, 0.4) is 0 Å². The summed E-state index contributed by atoms with van der Waals surface area (Å²) in [5.74, 6) is -1.83. The second-order valence-corrected chi connectivity index (χ2v) is 6.15. The predicted octanol–water partition coefficient (Wildman–Crippen LogP) is 1.80. The largest absolute Gasteiger partial charge is 0.459 e. The second kappa shape index (κ2) is 5.33. The van der Waals surface area contributed by atoms with Crippen LogP contribution in [0.1, 0.15) is 24.2 Å². The van der Waals surface area contributed by atoms with Crippen molar-refractivity contribution in [3.63, 3.8) is 0 Å². The summed E-state index contributed by atoms with van der Waals surface area (Å²) in [6.07, 6.45) is -0.446. The van der Waals surface area contributed by atoms with Crippen molar-refractivity contribution in [1.82, 2.24) is 0 Å². The molecule has 8 heteroatoms. The minimum Gasteiger partial charge on any atom is -0.459 e. The highest BCUT2D eigenvalue weighted by atomic mass is 79.9. The highest BCUT2D eigenvalue weighted by Gasteiger charge is 2.21. The molecule has 0 unspecified atom stereocenters. The molecule has 0 atom stereocenters. The molecule has 1 rings (SSSR count). The van der Waals surface area contributed by atoms with E-state index < -0.39 is 33.5 Å². The normalized spacial score (nSPS) is 11.7. The highest BCUT2D eigenvalue weighted by molar-refractivity contribution is 9.10. The predicted molar refractivity (Wildman–Crippen MR) is 66.0 cm³/mol. The summed E-state index contributed by atoms with van der Waals surface area (Å²) >= 11 is 2.87. The zero-order valence-corrected chi connectivity index (χ0v) is 12.0. The van der Waals surface area contributed by atoms with E-state index >= 15 is 0 Å². The van der Waals surface area contributed by atoms with Crippen LogP contribution in [0.2, 0.25) is 0 Å². The Bertz CT molecular complexity index is 586. The average Bonchev–Trinajstić information content (AvgIpc) is 2.13. The van der Waals surface area contributed by atoms with E-state index in [1.54, 1.807) is 13.8 Å². The first-order valence-corrected chi connectivity index (χ1v) is 7.19. The molecule has 0 fully saturated rings. The topological polar surface area (TPSA) is 86.5 Å². The Morgan fingerprint density at radius 1 is 1.44 bits per heavy atom. The fourth-order valence-electron chi connectivity index (χ4n) is 1.18. The number of hydrogen-bond acceptors (Lipinski definition) is 4. The van der Waals surface area contributed by atoms with Crippen LogP contribution in [-0.4, -0.2) is 20.5 Å². The maximum absolute atomic E-state index is 13.6. The molecule has 100 valence electrons. The summed E-state index contributed by atoms with van der Waals surface area (Å²) in [6.45, 7) is 3.19. The third-order valence-corrected chi connectivity index (χ3v) is 3.76. The Morgan fingerprint density at radius 3 is 2.44 bits per heavy atom. The van der Waals surface area contributed by atoms with E-state index in [4.69, 9.17) is 9.88 Å². The number of carbonyl (C=O) groups excluding carboxylic acids is 1. The van der Waals surface area contributed by atoms with Gasteiger partial charge in [0.05, 0.1) is 16.6 Å². The molecular weight excluding hydrogens is 329 g/mol. The monoisotopic (exact) mass is 339 g/mol. The molecule has 0 bridgehead atoms. The number of benzene rings is 1. The first-order chi connectivity index (χ1) is 8.12. The van der Waals surface area contributed by atoms with Gasteiger partial charge in [0.2, 0.25) is 10.0 Å². The Kier molecular flexibility index (Phi) is 4.46. The van der Waals surface area contributed by atoms with Crippen molar-refractivity contribution >= 4 is 31.9 Å². The third kappa shape index (κ3) is 3.50. The number of nitrogens with two attached hydrogens (primary N) is 1. The number of carbonyl (C=O) groups is 1. The second-order valence-electron chi connectivity index (χ2n) is 3.76. The molecule has 0 spiro atoms. The number of primary sulfonamides is 1. The zero-order chi connectivity index (χ0) is 14.1. The van der Waals surface area contributed by atoms with E-state index in [0.29, 0.717) is 0 Å². The van der Waals surface area contributed by atoms with Gasteiger partial charge in [-0.05, 0) is 41.9 Å². The summed E-state index contributed by atoms with van der Waals surface area (Å²) in [4.78, 5) is 11.2. The van der Waals surface area contributed by atoms with Gasteiger partial charge in [-0.1, -0.05) is 0 Å². The van der Waals surface area contributed by atoms with Gasteiger partial charge in [0.1, 0.15) is 5.82 Å². The minimum atomic E-state index is -4.06. The fraction of sp³-hybridized carbons (Fsp3) is 0.300. The lowest BCUT2D eigenvalue weighted by Crippen LogP contribution is -2.17. The lowest BCUT2D eigenvalue weighted by atomic mass is 10.2. The number of rotatable bonds is 3. The van der Waals surface area contributed by atoms with E-state index in [0.717, 1.165) is 12.1 Å². The summed E-state index contributed by atoms with van der Waals surface area (Å²) in [5, 5.41) is 4.95. The van der Waals surface area contributed by atoms with Crippen molar-refractivity contribution in [3.8, 4) is 0 Å². The number of esters is 1. The SMILES string of the molecule is CC(C)OC(=O)c1cc(S(N)(=O)=O)c(Br)cc1F. The van der Waals surface area contributed by atoms with E-state index in [9.17, 15) is 17.6 Å². The Balaban J connectivity index is 3.34. The maximum atomic E-state index is 13.6. The van der Waals surface area contributed by atoms with Crippen molar-refractivity contribution in [2.24, 2.45) is 5.14 Å². The number of halogens is 2. The molecule has 0 aliphatic heterocycles. The van der Waals surface area contributed by atoms with Crippen molar-refractivity contribution in [3.05, 3.63) is 28.0 Å². The Hall–Kier alpha value is -0.990. The van der Waals surface area contributed by atoms with Gasteiger partial charge in [-0.3, -0.25) is 0 Å². The molecule has 0 saturated heterocycles. The van der Waals surface area contributed by atoms with Gasteiger partial charge in [-0.2, -0.15) is 0 Å². The van der Waals surface area contributed by atoms with Crippen LogP contribution in [0.25, 0.3) is 0 Å². The molecule has 0 aromatic heterocycles. The molecule has 0 heterocycles. The first kappa shape index (κ1) is 15.1. The smallest absolute Gasteiger partial charge is 0.341 e. The zero-order valence-electron chi connectivity index (χ0n) is 9.61. The molecule has 0 amide bonds. The van der Waals surface area contributed by atoms with Crippen molar-refractivity contribution in [2.75, 3.05) is 0 Å². The van der Waals surface area contributed by atoms with Gasteiger partial charge < -0.3 is 4.74 Å². The molecule has 1 aromatic rings. The minimum absolute atomic E-state index is 0.0522. The molecule has 18 heavy (non-hydrogen) atoms. The van der Waals surface area contributed by atoms with E-state index in [1.165, 1.54) is 0 Å². The van der Waals surface area contributed by atoms with Crippen molar-refractivity contribution < 1.29 is 22.3 Å². The van der Waals surface area contributed by atoms with Gasteiger partial charge >= 0.3 is 5.97 Å². The van der Waals surface area contributed by atoms with Crippen LogP contribution in [-0.2, 0) is 14.8 Å². The molecule has 5 nitrogen and oxygen atoms in total. The van der Waals surface area contributed by atoms with Gasteiger partial charge in [-0.25, -0.2) is 22.7 Å². The molecular formula is C10H11BrFNO4S. The fourth-order valence-corrected chi connectivity index (χ4v) is 2.79. The molecule has 0 radical (unpaired) electrons. The molecule has 0 aliphatic rings. The van der Waals surface area contributed by atoms with Crippen LogP contribution < -0.4 is 5.14 Å². The summed E-state index contributed by atoms with van der Waals surface area (Å²) in [5.41, 5.74) is -0.476. The Morgan fingerprint density at radius 2 is 2.00 bits per heavy atom. The first-order valence-electron chi connectivity index (χ1n) is 4.85. The number of ether oxygens (including phenoxy) is 1. The van der Waals surface area contributed by atoms with Crippen LogP contribution in [0.5, 0.6) is 0 Å². The molecule has 1 aromatic carbocycles. The van der Waals surface area contributed by atoms with Crippen LogP contribution in [0, 0.1) is 5.82 Å². The molecule has 2 N–H and O–H groups in total. The number of sulfonamides is 1. The number of hydrogen-bond donors (Lipinski definition) is 1. The van der Waals surface area contributed by atoms with Gasteiger partial charge in [0.25, 0.3) is 0 Å². The van der Waals surface area contributed by atoms with Gasteiger partial charge in [0, 0.05) is 4.47 Å². The van der Waals surface area contributed by atoms with E-state index in [2.05, 4.69) is 15.9 Å². The van der Waals surface area contributed by atoms with Crippen LogP contribution in [0.15, 0.2) is 21.5 Å². The maximum Gasteiger partial charge on any atom is 0.341 e. The third-order valence-electron chi connectivity index (χ3n) is 1.89. The quantitative estimate of drug-likeness (QED) is 0.850. The lowest BCUT2D eigenvalue weighted by Gasteiger charge is -2.10. The van der Waals surface area contributed by atoms with E-state index in [-0.39, 0.29) is 9.37 Å². The standard InChI is InChI=1S/C10H11BrFNO4S/c1-5(2)17-10(14)6-3-9(18(13,15)16)7(11)4-8(6)12/h3-5H,1-2H3,(H2,13,15,16). The Labute approximate surface area is 112 Å². The molecule has 0 saturated carbocycles. The van der Waals surface area contributed by atoms with Gasteiger partial charge in [0.15, 0.2) is 0 Å². The van der Waals surface area contributed by atoms with Crippen LogP contribution in [0.4, 0.5) is 4.39 Å². The average molecular weight is 340 g/mol. The highest BCUT2D eigenvalue weighted by Crippen LogP contribution is 2.25. The van der Waals surface area contributed by atoms with E-state index in [1.807, 2.05) is 0 Å². The lowest BCUT2D eigenvalue weighted by molar-refractivity contribution is 0.0372. The van der Waals surface area contributed by atoms with Gasteiger partial charge in [-0.15, -0.1) is 0 Å².